The molecule has 0 radical (unpaired) electrons. The number of hydrogen-bond acceptors (Lipinski definition) is 7. The molecule has 4 rings (SSSR count). The number of nitrogens with two attached hydrogens (primary N) is 1. The molecule has 5 atom stereocenters. The lowest BCUT2D eigenvalue weighted by Gasteiger charge is -2.30. The number of nitrogens with one attached hydrogen (secondary N) is 4. The Morgan fingerprint density at radius 1 is 1.18 bits per heavy atom. The lowest BCUT2D eigenvalue weighted by Crippen LogP contribution is -2.58. The summed E-state index contributed by atoms with van der Waals surface area (Å²) in [5, 5.41) is 25.1. The minimum Gasteiger partial charge on any atom is -0.480 e. The van der Waals surface area contributed by atoms with Crippen molar-refractivity contribution in [1.29, 1.82) is 0 Å². The third-order valence-corrected chi connectivity index (χ3v) is 6.93. The number of carbonyl (C=O) groups is 4. The topological polar surface area (TPSA) is 207 Å². The molecule has 208 valence electrons. The van der Waals surface area contributed by atoms with Gasteiger partial charge in [-0.3, -0.25) is 14.4 Å². The average Bonchev–Trinajstić information content (AvgIpc) is 3.67. The highest BCUT2D eigenvalue weighted by atomic mass is 16.4. The van der Waals surface area contributed by atoms with Gasteiger partial charge in [-0.15, -0.1) is 0 Å². The highest BCUT2D eigenvalue weighted by Crippen LogP contribution is 2.21. The van der Waals surface area contributed by atoms with Crippen molar-refractivity contribution in [3.8, 4) is 0 Å². The number of aliphatic carboxylic acids is 1. The number of hydrogen-bond donors (Lipinski definition) is 7. The monoisotopic (exact) mass is 539 g/mol. The van der Waals surface area contributed by atoms with E-state index in [-0.39, 0.29) is 19.4 Å². The summed E-state index contributed by atoms with van der Waals surface area (Å²) in [6.07, 6.45) is 4.61. The maximum absolute atomic E-state index is 13.7. The third-order valence-electron chi connectivity index (χ3n) is 6.93. The summed E-state index contributed by atoms with van der Waals surface area (Å²) in [7, 11) is 0. The summed E-state index contributed by atoms with van der Waals surface area (Å²) in [6, 6.07) is 3.20. The van der Waals surface area contributed by atoms with Gasteiger partial charge in [0.15, 0.2) is 6.04 Å². The number of carboxylic acids is 1. The Labute approximate surface area is 224 Å². The molecular formula is C26H33N7O6. The smallest absolute Gasteiger partial charge is 0.328 e. The lowest BCUT2D eigenvalue weighted by atomic mass is 10.0. The Morgan fingerprint density at radius 2 is 1.95 bits per heavy atom. The molecule has 0 bridgehead atoms. The molecule has 8 N–H and O–H groups in total. The molecule has 5 unspecified atom stereocenters. The Balaban J connectivity index is 1.48. The number of aromatic amines is 2. The van der Waals surface area contributed by atoms with Crippen molar-refractivity contribution in [2.24, 2.45) is 5.73 Å². The van der Waals surface area contributed by atoms with Crippen molar-refractivity contribution in [1.82, 2.24) is 30.5 Å². The summed E-state index contributed by atoms with van der Waals surface area (Å²) >= 11 is 0. The Morgan fingerprint density at radius 3 is 2.64 bits per heavy atom. The number of carbonyl (C=O) groups excluding carboxylic acids is 3. The highest BCUT2D eigenvalue weighted by Gasteiger charge is 2.40. The van der Waals surface area contributed by atoms with Crippen molar-refractivity contribution in [3.63, 3.8) is 0 Å². The van der Waals surface area contributed by atoms with E-state index in [4.69, 9.17) is 5.73 Å². The normalized spacial score (nSPS) is 18.3. The number of amides is 3. The van der Waals surface area contributed by atoms with E-state index in [9.17, 15) is 29.4 Å². The van der Waals surface area contributed by atoms with Gasteiger partial charge in [-0.2, -0.15) is 0 Å². The summed E-state index contributed by atoms with van der Waals surface area (Å²) < 4.78 is 0. The number of H-pyrrole nitrogens is 2. The first kappa shape index (κ1) is 27.8. The summed E-state index contributed by atoms with van der Waals surface area (Å²) in [5.41, 5.74) is 8.63. The SMILES string of the molecule is CC(O)C(NC(=O)C1CCCN1C(=O)C(Cc1cnc[nH]1)NC(=O)C(N)Cc1c[nH]c2ccccc12)C(=O)O. The second-order valence-corrected chi connectivity index (χ2v) is 9.77. The fourth-order valence-corrected chi connectivity index (χ4v) is 4.87. The number of fused-ring (bicyclic) bond motifs is 1. The van der Waals surface area contributed by atoms with Gasteiger partial charge in [0, 0.05) is 42.0 Å². The maximum Gasteiger partial charge on any atom is 0.328 e. The standard InChI is InChI=1S/C26H33N7O6/c1-14(34)22(26(38)39)32-24(36)21-7-4-8-33(21)25(37)20(10-16-12-28-13-30-16)31-23(35)18(27)9-15-11-29-19-6-3-2-5-17(15)19/h2-3,5-6,11-14,18,20-22,29,34H,4,7-10,27H2,1H3,(H,28,30)(H,31,35)(H,32,36)(H,38,39). The molecule has 13 heteroatoms. The van der Waals surface area contributed by atoms with Gasteiger partial charge in [0.25, 0.3) is 0 Å². The van der Waals surface area contributed by atoms with E-state index >= 15 is 0 Å². The van der Waals surface area contributed by atoms with Gasteiger partial charge < -0.3 is 41.4 Å². The van der Waals surface area contributed by atoms with Crippen molar-refractivity contribution >= 4 is 34.6 Å². The van der Waals surface area contributed by atoms with E-state index in [0.717, 1.165) is 16.5 Å². The average molecular weight is 540 g/mol. The van der Waals surface area contributed by atoms with Crippen molar-refractivity contribution < 1.29 is 29.4 Å². The summed E-state index contributed by atoms with van der Waals surface area (Å²) in [5.74, 6) is -3.10. The molecule has 2 aromatic heterocycles. The summed E-state index contributed by atoms with van der Waals surface area (Å²) in [4.78, 5) is 62.6. The fourth-order valence-electron chi connectivity index (χ4n) is 4.87. The molecule has 1 saturated heterocycles. The molecule has 3 aromatic rings. The van der Waals surface area contributed by atoms with Gasteiger partial charge in [0.05, 0.1) is 18.5 Å². The molecule has 0 aliphatic carbocycles. The van der Waals surface area contributed by atoms with Gasteiger partial charge in [-0.1, -0.05) is 18.2 Å². The lowest BCUT2D eigenvalue weighted by molar-refractivity contribution is -0.147. The van der Waals surface area contributed by atoms with Crippen LogP contribution >= 0.6 is 0 Å². The van der Waals surface area contributed by atoms with E-state index < -0.39 is 54.0 Å². The number of para-hydroxylation sites is 1. The number of nitrogens with zero attached hydrogens (tertiary/aromatic N) is 2. The number of imidazole rings is 1. The van der Waals surface area contributed by atoms with Gasteiger partial charge in [-0.25, -0.2) is 9.78 Å². The van der Waals surface area contributed by atoms with E-state index in [1.165, 1.54) is 24.3 Å². The zero-order valence-corrected chi connectivity index (χ0v) is 21.5. The number of aromatic nitrogens is 3. The quantitative estimate of drug-likeness (QED) is 0.167. The van der Waals surface area contributed by atoms with Gasteiger partial charge in [0.1, 0.15) is 12.1 Å². The van der Waals surface area contributed by atoms with Crippen LogP contribution in [0.5, 0.6) is 0 Å². The van der Waals surface area contributed by atoms with Crippen molar-refractivity contribution in [3.05, 3.63) is 54.2 Å². The number of aliphatic hydroxyl groups excluding tert-OH is 1. The van der Waals surface area contributed by atoms with Crippen LogP contribution in [-0.4, -0.2) is 90.6 Å². The summed E-state index contributed by atoms with van der Waals surface area (Å²) in [6.45, 7) is 1.51. The molecule has 1 aromatic carbocycles. The predicted molar refractivity (Wildman–Crippen MR) is 140 cm³/mol. The van der Waals surface area contributed by atoms with Crippen LogP contribution in [0.4, 0.5) is 0 Å². The van der Waals surface area contributed by atoms with Gasteiger partial charge >= 0.3 is 5.97 Å². The van der Waals surface area contributed by atoms with E-state index in [2.05, 4.69) is 25.6 Å². The number of aliphatic hydroxyl groups is 1. The van der Waals surface area contributed by atoms with E-state index in [1.807, 2.05) is 24.3 Å². The zero-order valence-electron chi connectivity index (χ0n) is 21.5. The van der Waals surface area contributed by atoms with Crippen LogP contribution in [0.1, 0.15) is 31.0 Å². The van der Waals surface area contributed by atoms with Crippen LogP contribution in [-0.2, 0) is 32.0 Å². The molecule has 1 fully saturated rings. The van der Waals surface area contributed by atoms with Crippen LogP contribution in [0, 0.1) is 0 Å². The zero-order chi connectivity index (χ0) is 28.1. The molecule has 0 saturated carbocycles. The molecular weight excluding hydrogens is 506 g/mol. The number of likely N-dealkylation sites (tertiary alicyclic amines) is 1. The fraction of sp³-hybridized carbons (Fsp3) is 0.423. The first-order chi connectivity index (χ1) is 18.7. The Bertz CT molecular complexity index is 1320. The van der Waals surface area contributed by atoms with Crippen LogP contribution in [0.2, 0.25) is 0 Å². The van der Waals surface area contributed by atoms with Crippen LogP contribution in [0.25, 0.3) is 10.9 Å². The molecule has 3 amide bonds. The first-order valence-corrected chi connectivity index (χ1v) is 12.8. The number of rotatable bonds is 11. The highest BCUT2D eigenvalue weighted by molar-refractivity contribution is 5.95. The molecule has 0 spiro atoms. The van der Waals surface area contributed by atoms with Crippen LogP contribution in [0.3, 0.4) is 0 Å². The molecule has 1 aliphatic heterocycles. The largest absolute Gasteiger partial charge is 0.480 e. The van der Waals surface area contributed by atoms with Crippen LogP contribution in [0.15, 0.2) is 43.0 Å². The minimum absolute atomic E-state index is 0.0840. The van der Waals surface area contributed by atoms with E-state index in [0.29, 0.717) is 18.5 Å². The second kappa shape index (κ2) is 12.1. The second-order valence-electron chi connectivity index (χ2n) is 9.77. The predicted octanol–water partition coefficient (Wildman–Crippen LogP) is -0.570. The molecule has 1 aliphatic rings. The van der Waals surface area contributed by atoms with Crippen molar-refractivity contribution in [2.75, 3.05) is 6.54 Å². The molecule has 39 heavy (non-hydrogen) atoms. The Hall–Kier alpha value is -4.23. The van der Waals surface area contributed by atoms with Gasteiger partial charge in [-0.05, 0) is 37.8 Å². The Kier molecular flexibility index (Phi) is 8.62. The third kappa shape index (κ3) is 6.44. The number of carboxylic acid groups (broad SMARTS) is 1. The molecule has 13 nitrogen and oxygen atoms in total. The van der Waals surface area contributed by atoms with E-state index in [1.54, 1.807) is 6.20 Å². The minimum atomic E-state index is -1.52. The van der Waals surface area contributed by atoms with Crippen LogP contribution < -0.4 is 16.4 Å². The first-order valence-electron chi connectivity index (χ1n) is 12.8. The molecule has 3 heterocycles. The number of benzene rings is 1. The van der Waals surface area contributed by atoms with Gasteiger partial charge in [0.2, 0.25) is 17.7 Å². The maximum atomic E-state index is 13.7. The van der Waals surface area contributed by atoms with Crippen molar-refractivity contribution in [2.45, 2.75) is 62.9 Å².